The summed E-state index contributed by atoms with van der Waals surface area (Å²) in [6.07, 6.45) is -0.590. The van der Waals surface area contributed by atoms with E-state index >= 15 is 0 Å². The number of likely N-dealkylation sites (tertiary alicyclic amines) is 1. The fourth-order valence-corrected chi connectivity index (χ4v) is 3.48. The van der Waals surface area contributed by atoms with Crippen molar-refractivity contribution in [3.05, 3.63) is 53.6 Å². The van der Waals surface area contributed by atoms with Gasteiger partial charge in [0, 0.05) is 12.1 Å². The first-order valence-corrected chi connectivity index (χ1v) is 9.56. The Morgan fingerprint density at radius 1 is 1.21 bits per heavy atom. The van der Waals surface area contributed by atoms with Crippen LogP contribution < -0.4 is 4.74 Å². The molecule has 0 spiro atoms. The van der Waals surface area contributed by atoms with Crippen molar-refractivity contribution in [1.29, 1.82) is 0 Å². The number of carbonyl (C=O) groups is 1. The lowest BCUT2D eigenvalue weighted by molar-refractivity contribution is -0.0192. The number of amides is 1. The second kappa shape index (κ2) is 7.59. The van der Waals surface area contributed by atoms with Gasteiger partial charge in [-0.05, 0) is 48.2 Å². The van der Waals surface area contributed by atoms with Crippen molar-refractivity contribution in [2.75, 3.05) is 13.1 Å². The Balaban J connectivity index is 1.49. The Morgan fingerprint density at radius 3 is 2.86 bits per heavy atom. The average molecular weight is 380 g/mol. The molecular formula is C21H24N4O3. The van der Waals surface area contributed by atoms with E-state index in [1.54, 1.807) is 23.1 Å². The number of piperidine rings is 1. The number of nitrogens with zero attached hydrogens (tertiary/aromatic N) is 3. The van der Waals surface area contributed by atoms with Gasteiger partial charge in [0.25, 0.3) is 5.91 Å². The molecule has 1 fully saturated rings. The number of carbonyl (C=O) groups excluding carboxylic acids is 1. The molecule has 0 bridgehead atoms. The summed E-state index contributed by atoms with van der Waals surface area (Å²) in [6.45, 7) is 5.08. The first kappa shape index (κ1) is 18.4. The third-order valence-electron chi connectivity index (χ3n) is 5.19. The number of H-pyrrole nitrogens is 1. The van der Waals surface area contributed by atoms with Gasteiger partial charge in [0.05, 0.1) is 12.6 Å². The molecule has 0 radical (unpaired) electrons. The molecule has 0 unspecified atom stereocenters. The van der Waals surface area contributed by atoms with Crippen molar-refractivity contribution in [2.24, 2.45) is 0 Å². The number of ether oxygens (including phenoxy) is 1. The van der Waals surface area contributed by atoms with E-state index in [0.29, 0.717) is 42.3 Å². The molecule has 0 aliphatic carbocycles. The number of aliphatic hydroxyl groups excluding tert-OH is 1. The van der Waals surface area contributed by atoms with Gasteiger partial charge in [-0.1, -0.05) is 26.0 Å². The molecular weight excluding hydrogens is 356 g/mol. The first-order chi connectivity index (χ1) is 13.5. The maximum Gasteiger partial charge on any atom is 0.254 e. The van der Waals surface area contributed by atoms with Crippen LogP contribution in [0.3, 0.4) is 0 Å². The van der Waals surface area contributed by atoms with E-state index in [4.69, 9.17) is 4.74 Å². The van der Waals surface area contributed by atoms with E-state index < -0.39 is 12.2 Å². The molecule has 2 heterocycles. The van der Waals surface area contributed by atoms with Crippen LogP contribution in [-0.2, 0) is 0 Å². The molecule has 28 heavy (non-hydrogen) atoms. The molecule has 2 aromatic carbocycles. The van der Waals surface area contributed by atoms with Gasteiger partial charge in [-0.3, -0.25) is 4.79 Å². The molecule has 0 saturated carbocycles. The van der Waals surface area contributed by atoms with Crippen molar-refractivity contribution in [1.82, 2.24) is 20.3 Å². The van der Waals surface area contributed by atoms with E-state index in [2.05, 4.69) is 35.3 Å². The van der Waals surface area contributed by atoms with Crippen molar-refractivity contribution >= 4 is 16.9 Å². The zero-order valence-corrected chi connectivity index (χ0v) is 16.0. The number of aromatic amines is 1. The van der Waals surface area contributed by atoms with Gasteiger partial charge in [0.2, 0.25) is 0 Å². The lowest BCUT2D eigenvalue weighted by atomic mass is 10.0. The smallest absolute Gasteiger partial charge is 0.254 e. The van der Waals surface area contributed by atoms with Crippen LogP contribution in [0.4, 0.5) is 0 Å². The number of aromatic nitrogens is 3. The standard InChI is InChI=1S/C21H24N4O3/c1-13(2)14-4-3-5-16(10-14)28-20-12-25(9-8-19(20)26)21(27)15-6-7-17-18(11-15)23-24-22-17/h3-7,10-11,13,19-20,26H,8-9,12H2,1-2H3,(H,22,23,24)/t19-,20-/m1/s1. The highest BCUT2D eigenvalue weighted by atomic mass is 16.5. The monoisotopic (exact) mass is 380 g/mol. The van der Waals surface area contributed by atoms with Crippen molar-refractivity contribution in [2.45, 2.75) is 38.4 Å². The van der Waals surface area contributed by atoms with E-state index in [-0.39, 0.29) is 5.91 Å². The maximum absolute atomic E-state index is 12.9. The molecule has 1 aromatic heterocycles. The molecule has 4 rings (SSSR count). The lowest BCUT2D eigenvalue weighted by Crippen LogP contribution is -2.51. The van der Waals surface area contributed by atoms with Crippen molar-refractivity contribution < 1.29 is 14.6 Å². The molecule has 1 aliphatic rings. The Morgan fingerprint density at radius 2 is 2.04 bits per heavy atom. The normalized spacial score (nSPS) is 19.9. The molecule has 1 amide bonds. The average Bonchev–Trinajstić information content (AvgIpc) is 3.17. The minimum absolute atomic E-state index is 0.0960. The highest BCUT2D eigenvalue weighted by molar-refractivity contribution is 5.97. The quantitative estimate of drug-likeness (QED) is 0.726. The predicted molar refractivity (Wildman–Crippen MR) is 105 cm³/mol. The zero-order chi connectivity index (χ0) is 19.7. The minimum atomic E-state index is -0.607. The summed E-state index contributed by atoms with van der Waals surface area (Å²) < 4.78 is 6.06. The number of aliphatic hydroxyl groups is 1. The maximum atomic E-state index is 12.9. The number of fused-ring (bicyclic) bond motifs is 1. The molecule has 3 aromatic rings. The summed E-state index contributed by atoms with van der Waals surface area (Å²) in [6, 6.07) is 13.2. The SMILES string of the molecule is CC(C)c1cccc(O[C@@H]2CN(C(=O)c3ccc4n[nH]nc4c3)CC[C@H]2O)c1. The highest BCUT2D eigenvalue weighted by Gasteiger charge is 2.32. The van der Waals surface area contributed by atoms with Crippen molar-refractivity contribution in [3.8, 4) is 5.75 Å². The second-order valence-electron chi connectivity index (χ2n) is 7.52. The Bertz CT molecular complexity index is 984. The summed E-state index contributed by atoms with van der Waals surface area (Å²) in [7, 11) is 0. The number of nitrogens with one attached hydrogen (secondary N) is 1. The van der Waals surface area contributed by atoms with E-state index in [1.165, 1.54) is 5.56 Å². The van der Waals surface area contributed by atoms with Gasteiger partial charge in [-0.25, -0.2) is 0 Å². The van der Waals surface area contributed by atoms with E-state index in [1.807, 2.05) is 18.2 Å². The van der Waals surface area contributed by atoms with E-state index in [0.717, 1.165) is 5.52 Å². The molecule has 2 atom stereocenters. The number of hydrogen-bond donors (Lipinski definition) is 2. The third kappa shape index (κ3) is 3.71. The van der Waals surface area contributed by atoms with Crippen molar-refractivity contribution in [3.63, 3.8) is 0 Å². The van der Waals surface area contributed by atoms with Crippen LogP contribution in [0.5, 0.6) is 5.75 Å². The number of rotatable bonds is 4. The van der Waals surface area contributed by atoms with Crippen LogP contribution in [0, 0.1) is 0 Å². The Labute approximate surface area is 163 Å². The summed E-state index contributed by atoms with van der Waals surface area (Å²) in [5, 5.41) is 21.0. The van der Waals surface area contributed by atoms with Crippen LogP contribution >= 0.6 is 0 Å². The molecule has 2 N–H and O–H groups in total. The van der Waals surface area contributed by atoms with Crippen LogP contribution in [-0.4, -0.2) is 56.6 Å². The summed E-state index contributed by atoms with van der Waals surface area (Å²) >= 11 is 0. The third-order valence-corrected chi connectivity index (χ3v) is 5.19. The van der Waals surface area contributed by atoms with Gasteiger partial charge in [-0.2, -0.15) is 15.4 Å². The van der Waals surface area contributed by atoms with Crippen LogP contribution in [0.25, 0.3) is 11.0 Å². The largest absolute Gasteiger partial charge is 0.486 e. The van der Waals surface area contributed by atoms with Gasteiger partial charge >= 0.3 is 0 Å². The first-order valence-electron chi connectivity index (χ1n) is 9.56. The van der Waals surface area contributed by atoms with Crippen LogP contribution in [0.2, 0.25) is 0 Å². The molecule has 7 nitrogen and oxygen atoms in total. The Kier molecular flexibility index (Phi) is 5.00. The molecule has 1 saturated heterocycles. The fraction of sp³-hybridized carbons (Fsp3) is 0.381. The zero-order valence-electron chi connectivity index (χ0n) is 16.0. The molecule has 1 aliphatic heterocycles. The van der Waals surface area contributed by atoms with Gasteiger partial charge in [0.15, 0.2) is 0 Å². The van der Waals surface area contributed by atoms with Crippen LogP contribution in [0.15, 0.2) is 42.5 Å². The molecule has 7 heteroatoms. The Hall–Kier alpha value is -2.93. The van der Waals surface area contributed by atoms with Crippen LogP contribution in [0.1, 0.15) is 42.1 Å². The summed E-state index contributed by atoms with van der Waals surface area (Å²) in [4.78, 5) is 14.7. The summed E-state index contributed by atoms with van der Waals surface area (Å²) in [5.41, 5.74) is 3.10. The summed E-state index contributed by atoms with van der Waals surface area (Å²) in [5.74, 6) is 1.01. The second-order valence-corrected chi connectivity index (χ2v) is 7.52. The van der Waals surface area contributed by atoms with Gasteiger partial charge < -0.3 is 14.7 Å². The fourth-order valence-electron chi connectivity index (χ4n) is 3.48. The van der Waals surface area contributed by atoms with Gasteiger partial charge in [-0.15, -0.1) is 0 Å². The predicted octanol–water partition coefficient (Wildman–Crippen LogP) is 2.74. The topological polar surface area (TPSA) is 91.3 Å². The number of hydrogen-bond acceptors (Lipinski definition) is 5. The van der Waals surface area contributed by atoms with Gasteiger partial charge in [0.1, 0.15) is 22.9 Å². The van der Waals surface area contributed by atoms with E-state index in [9.17, 15) is 9.90 Å². The minimum Gasteiger partial charge on any atom is -0.486 e. The lowest BCUT2D eigenvalue weighted by Gasteiger charge is -2.36. The number of benzene rings is 2. The highest BCUT2D eigenvalue weighted by Crippen LogP contribution is 2.24. The molecule has 146 valence electrons.